The van der Waals surface area contributed by atoms with E-state index in [9.17, 15) is 10.1 Å². The predicted octanol–water partition coefficient (Wildman–Crippen LogP) is 1.26. The molecule has 5 heteroatoms. The quantitative estimate of drug-likeness (QED) is 0.554. The SMILES string of the molecule is CC(O)c1ccccc1[N+](=O)[O-].CO. The van der Waals surface area contributed by atoms with Gasteiger partial charge in [-0.15, -0.1) is 0 Å². The monoisotopic (exact) mass is 199 g/mol. The van der Waals surface area contributed by atoms with Crippen LogP contribution < -0.4 is 0 Å². The Kier molecular flexibility index (Phi) is 5.43. The van der Waals surface area contributed by atoms with Gasteiger partial charge in [0.2, 0.25) is 0 Å². The van der Waals surface area contributed by atoms with Gasteiger partial charge >= 0.3 is 0 Å². The summed E-state index contributed by atoms with van der Waals surface area (Å²) in [5, 5.41) is 26.6. The van der Waals surface area contributed by atoms with E-state index in [1.165, 1.54) is 13.0 Å². The maximum Gasteiger partial charge on any atom is 0.275 e. The highest BCUT2D eigenvalue weighted by molar-refractivity contribution is 5.40. The summed E-state index contributed by atoms with van der Waals surface area (Å²) in [5.74, 6) is 0. The molecular formula is C9H13NO4. The van der Waals surface area contributed by atoms with Crippen LogP contribution in [0.15, 0.2) is 24.3 Å². The van der Waals surface area contributed by atoms with Crippen LogP contribution in [0.2, 0.25) is 0 Å². The van der Waals surface area contributed by atoms with Crippen molar-refractivity contribution in [2.45, 2.75) is 13.0 Å². The second kappa shape index (κ2) is 6.06. The molecule has 78 valence electrons. The van der Waals surface area contributed by atoms with E-state index in [0.717, 1.165) is 7.11 Å². The van der Waals surface area contributed by atoms with Crippen LogP contribution in [-0.2, 0) is 0 Å². The van der Waals surface area contributed by atoms with Crippen molar-refractivity contribution in [3.63, 3.8) is 0 Å². The lowest BCUT2D eigenvalue weighted by molar-refractivity contribution is -0.386. The third-order valence-electron chi connectivity index (χ3n) is 1.58. The van der Waals surface area contributed by atoms with Gasteiger partial charge < -0.3 is 10.2 Å². The minimum atomic E-state index is -0.799. The van der Waals surface area contributed by atoms with Crippen LogP contribution in [0.1, 0.15) is 18.6 Å². The van der Waals surface area contributed by atoms with Gasteiger partial charge in [0.1, 0.15) is 0 Å². The maximum absolute atomic E-state index is 10.4. The van der Waals surface area contributed by atoms with E-state index in [1.54, 1.807) is 18.2 Å². The van der Waals surface area contributed by atoms with E-state index in [2.05, 4.69) is 0 Å². The molecule has 0 spiro atoms. The van der Waals surface area contributed by atoms with Crippen LogP contribution in [0.5, 0.6) is 0 Å². The standard InChI is InChI=1S/C8H9NO3.CH4O/c1-6(10)7-4-2-3-5-8(7)9(11)12;1-2/h2-6,10H,1H3;2H,1H3. The molecule has 0 aliphatic heterocycles. The fourth-order valence-electron chi connectivity index (χ4n) is 1.01. The summed E-state index contributed by atoms with van der Waals surface area (Å²) in [7, 11) is 1.00. The van der Waals surface area contributed by atoms with Crippen molar-refractivity contribution in [2.75, 3.05) is 7.11 Å². The normalized spacial score (nSPS) is 11.1. The molecule has 2 N–H and O–H groups in total. The van der Waals surface area contributed by atoms with E-state index in [0.29, 0.717) is 5.56 Å². The highest BCUT2D eigenvalue weighted by Gasteiger charge is 2.15. The minimum absolute atomic E-state index is 0.0347. The number of aliphatic hydroxyl groups is 2. The fraction of sp³-hybridized carbons (Fsp3) is 0.333. The highest BCUT2D eigenvalue weighted by Crippen LogP contribution is 2.23. The maximum atomic E-state index is 10.4. The van der Waals surface area contributed by atoms with Crippen molar-refractivity contribution in [1.82, 2.24) is 0 Å². The van der Waals surface area contributed by atoms with Gasteiger partial charge in [0, 0.05) is 13.2 Å². The van der Waals surface area contributed by atoms with Crippen LogP contribution in [0.4, 0.5) is 5.69 Å². The Hall–Kier alpha value is -1.46. The first-order valence-electron chi connectivity index (χ1n) is 3.99. The molecule has 0 radical (unpaired) electrons. The smallest absolute Gasteiger partial charge is 0.275 e. The Morgan fingerprint density at radius 1 is 1.36 bits per heavy atom. The molecule has 1 aromatic carbocycles. The molecule has 0 amide bonds. The van der Waals surface area contributed by atoms with Gasteiger partial charge in [0.25, 0.3) is 5.69 Å². The van der Waals surface area contributed by atoms with Crippen molar-refractivity contribution in [2.24, 2.45) is 0 Å². The first-order valence-corrected chi connectivity index (χ1v) is 3.99. The summed E-state index contributed by atoms with van der Waals surface area (Å²) < 4.78 is 0. The van der Waals surface area contributed by atoms with Crippen molar-refractivity contribution < 1.29 is 15.1 Å². The average molecular weight is 199 g/mol. The van der Waals surface area contributed by atoms with Crippen LogP contribution in [-0.4, -0.2) is 22.2 Å². The number of para-hydroxylation sites is 1. The van der Waals surface area contributed by atoms with Gasteiger partial charge in [0.15, 0.2) is 0 Å². The summed E-state index contributed by atoms with van der Waals surface area (Å²) in [6.07, 6.45) is -0.799. The van der Waals surface area contributed by atoms with Gasteiger partial charge in [-0.2, -0.15) is 0 Å². The lowest BCUT2D eigenvalue weighted by Gasteiger charge is -2.03. The number of nitro benzene ring substituents is 1. The number of nitrogens with zero attached hydrogens (tertiary/aromatic N) is 1. The number of hydrogen-bond acceptors (Lipinski definition) is 4. The van der Waals surface area contributed by atoms with E-state index in [1.807, 2.05) is 0 Å². The number of aliphatic hydroxyl groups excluding tert-OH is 2. The molecule has 1 aromatic rings. The molecule has 0 bridgehead atoms. The zero-order chi connectivity index (χ0) is 11.1. The molecule has 1 unspecified atom stereocenters. The zero-order valence-corrected chi connectivity index (χ0v) is 8.04. The van der Waals surface area contributed by atoms with Gasteiger partial charge in [-0.3, -0.25) is 10.1 Å². The second-order valence-electron chi connectivity index (χ2n) is 2.49. The van der Waals surface area contributed by atoms with Crippen LogP contribution in [0.3, 0.4) is 0 Å². The van der Waals surface area contributed by atoms with E-state index >= 15 is 0 Å². The largest absolute Gasteiger partial charge is 0.400 e. The van der Waals surface area contributed by atoms with Crippen molar-refractivity contribution in [3.05, 3.63) is 39.9 Å². The Labute approximate surface area is 81.8 Å². The Morgan fingerprint density at radius 3 is 2.21 bits per heavy atom. The number of benzene rings is 1. The molecule has 0 aromatic heterocycles. The molecule has 14 heavy (non-hydrogen) atoms. The highest BCUT2D eigenvalue weighted by atomic mass is 16.6. The number of hydrogen-bond donors (Lipinski definition) is 2. The molecule has 0 heterocycles. The number of nitro groups is 1. The topological polar surface area (TPSA) is 83.6 Å². The molecular weight excluding hydrogens is 186 g/mol. The van der Waals surface area contributed by atoms with E-state index in [-0.39, 0.29) is 5.69 Å². The molecule has 0 saturated carbocycles. The van der Waals surface area contributed by atoms with Gasteiger partial charge in [-0.25, -0.2) is 0 Å². The molecule has 0 aliphatic carbocycles. The second-order valence-corrected chi connectivity index (χ2v) is 2.49. The van der Waals surface area contributed by atoms with E-state index < -0.39 is 11.0 Å². The molecule has 0 saturated heterocycles. The van der Waals surface area contributed by atoms with Crippen LogP contribution in [0, 0.1) is 10.1 Å². The Morgan fingerprint density at radius 2 is 1.86 bits per heavy atom. The third-order valence-corrected chi connectivity index (χ3v) is 1.58. The Balaban J connectivity index is 0.000000791. The van der Waals surface area contributed by atoms with Crippen molar-refractivity contribution in [1.29, 1.82) is 0 Å². The third kappa shape index (κ3) is 3.12. The van der Waals surface area contributed by atoms with Gasteiger partial charge in [0.05, 0.1) is 16.6 Å². The van der Waals surface area contributed by atoms with Crippen LogP contribution >= 0.6 is 0 Å². The molecule has 1 rings (SSSR count). The van der Waals surface area contributed by atoms with Crippen molar-refractivity contribution >= 4 is 5.69 Å². The summed E-state index contributed by atoms with van der Waals surface area (Å²) >= 11 is 0. The lowest BCUT2D eigenvalue weighted by Crippen LogP contribution is -1.98. The molecule has 0 fully saturated rings. The van der Waals surface area contributed by atoms with Gasteiger partial charge in [-0.05, 0) is 13.0 Å². The zero-order valence-electron chi connectivity index (χ0n) is 8.04. The van der Waals surface area contributed by atoms with Gasteiger partial charge in [-0.1, -0.05) is 12.1 Å². The first-order chi connectivity index (χ1) is 6.63. The predicted molar refractivity (Wildman–Crippen MR) is 51.9 cm³/mol. The molecule has 1 atom stereocenters. The average Bonchev–Trinajstić information content (AvgIpc) is 2.20. The van der Waals surface area contributed by atoms with Crippen molar-refractivity contribution in [3.8, 4) is 0 Å². The summed E-state index contributed by atoms with van der Waals surface area (Å²) in [5.41, 5.74) is 0.315. The lowest BCUT2D eigenvalue weighted by atomic mass is 10.1. The Bertz CT molecular complexity index is 299. The van der Waals surface area contributed by atoms with E-state index in [4.69, 9.17) is 10.2 Å². The number of rotatable bonds is 2. The molecule has 5 nitrogen and oxygen atoms in total. The summed E-state index contributed by atoms with van der Waals surface area (Å²) in [6, 6.07) is 6.16. The fourth-order valence-corrected chi connectivity index (χ4v) is 1.01. The molecule has 0 aliphatic rings. The van der Waals surface area contributed by atoms with Crippen LogP contribution in [0.25, 0.3) is 0 Å². The first kappa shape index (κ1) is 12.5. The summed E-state index contributed by atoms with van der Waals surface area (Å²) in [6.45, 7) is 1.50. The minimum Gasteiger partial charge on any atom is -0.400 e. The summed E-state index contributed by atoms with van der Waals surface area (Å²) in [4.78, 5) is 9.92.